The molecule has 2 heterocycles. The van der Waals surface area contributed by atoms with E-state index in [1.54, 1.807) is 13.2 Å². The minimum absolute atomic E-state index is 0.0101. The van der Waals surface area contributed by atoms with Gasteiger partial charge in [0.1, 0.15) is 5.75 Å². The number of halogens is 1. The van der Waals surface area contributed by atoms with E-state index in [2.05, 4.69) is 33.9 Å². The lowest BCUT2D eigenvalue weighted by Crippen LogP contribution is -2.49. The van der Waals surface area contributed by atoms with Crippen LogP contribution in [0.3, 0.4) is 0 Å². The van der Waals surface area contributed by atoms with Crippen LogP contribution in [-0.4, -0.2) is 52.5 Å². The van der Waals surface area contributed by atoms with Gasteiger partial charge in [-0.3, -0.25) is 4.79 Å². The smallest absolute Gasteiger partial charge is 0.264 e. The summed E-state index contributed by atoms with van der Waals surface area (Å²) in [6.45, 7) is 7.92. The van der Waals surface area contributed by atoms with E-state index in [0.717, 1.165) is 61.7 Å². The number of hydrogen-bond donors (Lipinski definition) is 1. The van der Waals surface area contributed by atoms with Crippen molar-refractivity contribution in [1.82, 2.24) is 4.72 Å². The van der Waals surface area contributed by atoms with E-state index in [1.807, 2.05) is 39.0 Å². The van der Waals surface area contributed by atoms with Crippen molar-refractivity contribution in [3.63, 3.8) is 0 Å². The van der Waals surface area contributed by atoms with E-state index in [0.29, 0.717) is 30.4 Å². The Balaban J connectivity index is 1.44. The van der Waals surface area contributed by atoms with Gasteiger partial charge in [-0.05, 0) is 104 Å². The molecule has 0 saturated heterocycles. The third kappa shape index (κ3) is 5.78. The number of nitrogens with zero attached hydrogens (tertiary/aromatic N) is 1. The first kappa shape index (κ1) is 31.4. The monoisotopic (exact) mass is 640 g/mol. The van der Waals surface area contributed by atoms with Crippen LogP contribution in [0.1, 0.15) is 74.4 Å². The molecule has 2 aromatic carbocycles. The molecule has 44 heavy (non-hydrogen) atoms. The number of allylic oxidation sites excluding steroid dienone is 1. The minimum atomic E-state index is -3.93. The lowest BCUT2D eigenvalue weighted by molar-refractivity contribution is 0.0129. The van der Waals surface area contributed by atoms with Gasteiger partial charge >= 0.3 is 0 Å². The SMILES string of the molecule is CC[C@@H]1[C@@H](C)[C@@H](C)/C=C/[C@H](OC)[C@@H]2CC[C@H]2CN2C[C@@]3(CCCc4cc(Cl)ccc43)COc3ccc(cc32)C(=O)NS1(=O)=O. The molecule has 7 atom stereocenters. The number of methoxy groups -OCH3 is 1. The fourth-order valence-corrected chi connectivity index (χ4v) is 10.1. The Morgan fingerprint density at radius 2 is 1.95 bits per heavy atom. The molecule has 4 aliphatic rings. The highest BCUT2D eigenvalue weighted by molar-refractivity contribution is 7.90. The molecule has 0 unspecified atom stereocenters. The fourth-order valence-electron chi connectivity index (χ4n) is 8.12. The lowest BCUT2D eigenvalue weighted by atomic mass is 9.68. The summed E-state index contributed by atoms with van der Waals surface area (Å²) in [5.41, 5.74) is 3.48. The van der Waals surface area contributed by atoms with Crippen LogP contribution in [0.4, 0.5) is 5.69 Å². The second-order valence-corrected chi connectivity index (χ2v) is 15.9. The van der Waals surface area contributed by atoms with Crippen LogP contribution >= 0.6 is 11.6 Å². The number of aryl methyl sites for hydroxylation is 1. The van der Waals surface area contributed by atoms with Gasteiger partial charge in [0.2, 0.25) is 10.0 Å². The van der Waals surface area contributed by atoms with Gasteiger partial charge in [-0.2, -0.15) is 0 Å². The highest BCUT2D eigenvalue weighted by atomic mass is 35.5. The second-order valence-electron chi connectivity index (χ2n) is 13.5. The molecule has 2 bridgehead atoms. The minimum Gasteiger partial charge on any atom is -0.490 e. The maximum absolute atomic E-state index is 13.6. The summed E-state index contributed by atoms with van der Waals surface area (Å²) >= 11 is 6.42. The number of sulfonamides is 1. The molecule has 0 radical (unpaired) electrons. The van der Waals surface area contributed by atoms with E-state index in [-0.39, 0.29) is 23.4 Å². The van der Waals surface area contributed by atoms with Crippen LogP contribution in [0.2, 0.25) is 5.02 Å². The zero-order valence-corrected chi connectivity index (χ0v) is 27.8. The van der Waals surface area contributed by atoms with Crippen LogP contribution in [0.15, 0.2) is 48.6 Å². The van der Waals surface area contributed by atoms with E-state index < -0.39 is 21.2 Å². The predicted molar refractivity (Wildman–Crippen MR) is 175 cm³/mol. The van der Waals surface area contributed by atoms with E-state index in [9.17, 15) is 13.2 Å². The molecule has 7 nitrogen and oxygen atoms in total. The van der Waals surface area contributed by atoms with Crippen molar-refractivity contribution < 1.29 is 22.7 Å². The third-order valence-electron chi connectivity index (χ3n) is 11.0. The van der Waals surface area contributed by atoms with Crippen molar-refractivity contribution in [2.24, 2.45) is 23.7 Å². The first-order valence-electron chi connectivity index (χ1n) is 16.1. The highest BCUT2D eigenvalue weighted by Crippen LogP contribution is 2.47. The van der Waals surface area contributed by atoms with Crippen LogP contribution in [0.25, 0.3) is 0 Å². The Bertz CT molecular complexity index is 1540. The number of benzene rings is 2. The van der Waals surface area contributed by atoms with Gasteiger partial charge in [0.05, 0.1) is 23.6 Å². The third-order valence-corrected chi connectivity index (χ3v) is 13.2. The summed E-state index contributed by atoms with van der Waals surface area (Å²) in [7, 11) is -2.16. The van der Waals surface area contributed by atoms with E-state index >= 15 is 0 Å². The molecular weight excluding hydrogens is 596 g/mol. The standard InChI is InChI=1S/C35H45ClN2O5S/c1-5-33-23(3)22(2)8-14-31(42-4)28-12-9-26(28)19-38-20-35(16-6-7-24-17-27(36)11-13-29(24)35)21-43-32-15-10-25(18-30(32)38)34(39)37-44(33,40)41/h8,10-11,13-15,17-18,22-23,26,28,31,33H,5-7,9,12,16,19-21H2,1-4H3,(H,37,39)/b14-8+/t22-,23-,26-,28+,31-,33+,35-/m0/s1. The summed E-state index contributed by atoms with van der Waals surface area (Å²) in [6.07, 6.45) is 9.82. The molecule has 1 saturated carbocycles. The van der Waals surface area contributed by atoms with Crippen molar-refractivity contribution in [3.05, 3.63) is 70.3 Å². The van der Waals surface area contributed by atoms with Crippen molar-refractivity contribution in [2.45, 2.75) is 76.1 Å². The number of rotatable bonds is 2. The number of carbonyl (C=O) groups excluding carboxylic acids is 1. The number of nitrogens with one attached hydrogen (secondary N) is 1. The summed E-state index contributed by atoms with van der Waals surface area (Å²) in [5, 5.41) is 0.0380. The normalized spacial score (nSPS) is 34.0. The topological polar surface area (TPSA) is 84.9 Å². The van der Waals surface area contributed by atoms with Crippen molar-refractivity contribution >= 4 is 33.2 Å². The molecule has 238 valence electrons. The summed E-state index contributed by atoms with van der Waals surface area (Å²) in [4.78, 5) is 16.0. The summed E-state index contributed by atoms with van der Waals surface area (Å²) in [5.74, 6) is 0.670. The van der Waals surface area contributed by atoms with Crippen LogP contribution in [0, 0.1) is 23.7 Å². The number of ether oxygens (including phenoxy) is 2. The zero-order chi connectivity index (χ0) is 31.2. The first-order chi connectivity index (χ1) is 21.0. The van der Waals surface area contributed by atoms with Crippen molar-refractivity contribution in [2.75, 3.05) is 31.7 Å². The number of hydrogen-bond acceptors (Lipinski definition) is 6. The zero-order valence-electron chi connectivity index (χ0n) is 26.2. The second kappa shape index (κ2) is 12.3. The van der Waals surface area contributed by atoms with Crippen LogP contribution in [0.5, 0.6) is 5.75 Å². The number of amides is 1. The quantitative estimate of drug-likeness (QED) is 0.376. The molecule has 2 aromatic rings. The van der Waals surface area contributed by atoms with Crippen molar-refractivity contribution in [1.29, 1.82) is 0 Å². The number of fused-ring (bicyclic) bond motifs is 4. The van der Waals surface area contributed by atoms with Gasteiger partial charge in [0.25, 0.3) is 5.91 Å². The van der Waals surface area contributed by atoms with Gasteiger partial charge in [0.15, 0.2) is 0 Å². The van der Waals surface area contributed by atoms with Gasteiger partial charge in [-0.25, -0.2) is 13.1 Å². The fraction of sp³-hybridized carbons (Fsp3) is 0.571. The van der Waals surface area contributed by atoms with Crippen LogP contribution < -0.4 is 14.4 Å². The Labute approximate surface area is 267 Å². The summed E-state index contributed by atoms with van der Waals surface area (Å²) < 4.78 is 42.2. The Hall–Kier alpha value is -2.55. The molecule has 0 aromatic heterocycles. The van der Waals surface area contributed by atoms with Gasteiger partial charge in [-0.1, -0.05) is 50.6 Å². The predicted octanol–water partition coefficient (Wildman–Crippen LogP) is 6.53. The Morgan fingerprint density at radius 1 is 1.14 bits per heavy atom. The molecule has 1 amide bonds. The average molecular weight is 641 g/mol. The van der Waals surface area contributed by atoms with E-state index in [4.69, 9.17) is 21.1 Å². The average Bonchev–Trinajstić information content (AvgIpc) is 3.13. The summed E-state index contributed by atoms with van der Waals surface area (Å²) in [6, 6.07) is 11.6. The molecule has 2 aliphatic carbocycles. The molecule has 2 aliphatic heterocycles. The van der Waals surface area contributed by atoms with Gasteiger partial charge < -0.3 is 14.4 Å². The molecular formula is C35H45ClN2O5S. The number of anilines is 1. The first-order valence-corrected chi connectivity index (χ1v) is 18.1. The molecule has 1 spiro atoms. The van der Waals surface area contributed by atoms with Gasteiger partial charge in [0, 0.05) is 36.2 Å². The Kier molecular flexibility index (Phi) is 8.81. The largest absolute Gasteiger partial charge is 0.490 e. The van der Waals surface area contributed by atoms with Crippen LogP contribution in [-0.2, 0) is 26.6 Å². The van der Waals surface area contributed by atoms with E-state index in [1.165, 1.54) is 11.1 Å². The lowest BCUT2D eigenvalue weighted by Gasteiger charge is -2.46. The number of carbonyl (C=O) groups is 1. The highest BCUT2D eigenvalue weighted by Gasteiger charge is 2.44. The molecule has 9 heteroatoms. The Morgan fingerprint density at radius 3 is 2.68 bits per heavy atom. The van der Waals surface area contributed by atoms with Crippen molar-refractivity contribution in [3.8, 4) is 5.75 Å². The molecule has 6 rings (SSSR count). The molecule has 1 N–H and O–H groups in total. The maximum Gasteiger partial charge on any atom is 0.264 e. The maximum atomic E-state index is 13.6. The molecule has 1 fully saturated rings. The van der Waals surface area contributed by atoms with Gasteiger partial charge in [-0.15, -0.1) is 0 Å².